The number of aryl methyl sites for hydroxylation is 1. The van der Waals surface area contributed by atoms with Gasteiger partial charge in [-0.3, -0.25) is 0 Å². The van der Waals surface area contributed by atoms with Gasteiger partial charge in [0, 0.05) is 12.6 Å². The number of benzene rings is 4. The lowest BCUT2D eigenvalue weighted by atomic mass is 9.90. The Labute approximate surface area is 228 Å². The summed E-state index contributed by atoms with van der Waals surface area (Å²) in [5.41, 5.74) is 7.96. The zero-order valence-corrected chi connectivity index (χ0v) is 21.6. The van der Waals surface area contributed by atoms with Crippen LogP contribution >= 0.6 is 12.4 Å². The van der Waals surface area contributed by atoms with Crippen LogP contribution in [0, 0.1) is 22.7 Å². The van der Waals surface area contributed by atoms with Crippen molar-refractivity contribution in [2.24, 2.45) is 7.05 Å². The topological polar surface area (TPSA) is 74.6 Å². The van der Waals surface area contributed by atoms with Crippen molar-refractivity contribution in [2.45, 2.75) is 12.7 Å². The van der Waals surface area contributed by atoms with Gasteiger partial charge in [0.2, 0.25) is 0 Å². The van der Waals surface area contributed by atoms with Crippen molar-refractivity contribution in [1.29, 1.82) is 10.5 Å². The smallest absolute Gasteiger partial charge is 0.125 e. The molecular formula is C32H25ClN4O. The predicted molar refractivity (Wildman–Crippen MR) is 150 cm³/mol. The maximum absolute atomic E-state index is 10.2. The molecule has 0 aliphatic rings. The number of aromatic nitrogens is 2. The van der Waals surface area contributed by atoms with Gasteiger partial charge >= 0.3 is 0 Å². The Balaban J connectivity index is 0.00000336. The summed E-state index contributed by atoms with van der Waals surface area (Å²) in [7, 11) is 1.93. The lowest BCUT2D eigenvalue weighted by Crippen LogP contribution is -2.11. The first-order chi connectivity index (χ1) is 18.2. The summed E-state index contributed by atoms with van der Waals surface area (Å²) < 4.78 is 8.32. The van der Waals surface area contributed by atoms with Gasteiger partial charge in [-0.2, -0.15) is 10.5 Å². The fourth-order valence-electron chi connectivity index (χ4n) is 4.47. The van der Waals surface area contributed by atoms with Gasteiger partial charge in [0.05, 0.1) is 48.1 Å². The first-order valence-electron chi connectivity index (χ1n) is 11.9. The van der Waals surface area contributed by atoms with E-state index in [1.807, 2.05) is 72.3 Å². The van der Waals surface area contributed by atoms with E-state index in [0.717, 1.165) is 39.1 Å². The number of nitrogens with zero attached hydrogens (tertiary/aromatic N) is 4. The molecule has 0 aliphatic heterocycles. The molecule has 1 heterocycles. The van der Waals surface area contributed by atoms with E-state index in [1.54, 1.807) is 24.7 Å². The molecule has 0 radical (unpaired) electrons. The minimum absolute atomic E-state index is 0. The highest BCUT2D eigenvalue weighted by Gasteiger charge is 2.21. The van der Waals surface area contributed by atoms with E-state index < -0.39 is 6.10 Å². The average molecular weight is 517 g/mol. The van der Waals surface area contributed by atoms with Crippen molar-refractivity contribution in [3.8, 4) is 34.4 Å². The molecule has 1 atom stereocenters. The van der Waals surface area contributed by atoms with Crippen molar-refractivity contribution in [3.63, 3.8) is 0 Å². The Hall–Kier alpha value is -4.68. The first kappa shape index (κ1) is 26.4. The van der Waals surface area contributed by atoms with Crippen LogP contribution < -0.4 is 0 Å². The van der Waals surface area contributed by atoms with E-state index >= 15 is 0 Å². The molecule has 0 amide bonds. The summed E-state index contributed by atoms with van der Waals surface area (Å²) in [5, 5.41) is 19.2. The Morgan fingerprint density at radius 1 is 0.816 bits per heavy atom. The molecule has 0 spiro atoms. The third-order valence-electron chi connectivity index (χ3n) is 6.39. The van der Waals surface area contributed by atoms with Gasteiger partial charge in [-0.1, -0.05) is 78.9 Å². The maximum atomic E-state index is 10.2. The largest absolute Gasteiger partial charge is 0.363 e. The third-order valence-corrected chi connectivity index (χ3v) is 6.39. The van der Waals surface area contributed by atoms with Gasteiger partial charge in [-0.15, -0.1) is 12.4 Å². The van der Waals surface area contributed by atoms with Gasteiger partial charge in [0.25, 0.3) is 0 Å². The molecule has 6 heteroatoms. The minimum Gasteiger partial charge on any atom is -0.363 e. The zero-order valence-electron chi connectivity index (χ0n) is 20.8. The fraction of sp³-hybridized carbons (Fsp3) is 0.0938. The second-order valence-corrected chi connectivity index (χ2v) is 8.76. The Kier molecular flexibility index (Phi) is 8.36. The number of imidazole rings is 1. The van der Waals surface area contributed by atoms with Crippen LogP contribution in [-0.2, 0) is 18.4 Å². The monoisotopic (exact) mass is 516 g/mol. The molecule has 0 bridgehead atoms. The molecule has 0 fully saturated rings. The number of halogens is 1. The minimum atomic E-state index is -0.423. The molecule has 5 nitrogen and oxygen atoms in total. The van der Waals surface area contributed by atoms with Crippen LogP contribution in [0.4, 0.5) is 0 Å². The molecule has 0 saturated carbocycles. The summed E-state index contributed by atoms with van der Waals surface area (Å²) in [5.74, 6) is 0. The number of rotatable bonds is 7. The normalized spacial score (nSPS) is 11.1. The highest BCUT2D eigenvalue weighted by molar-refractivity contribution is 5.86. The highest BCUT2D eigenvalue weighted by atomic mass is 35.5. The Morgan fingerprint density at radius 2 is 1.53 bits per heavy atom. The van der Waals surface area contributed by atoms with Crippen LogP contribution in [0.25, 0.3) is 22.3 Å². The molecular weight excluding hydrogens is 492 g/mol. The quantitative estimate of drug-likeness (QED) is 0.229. The van der Waals surface area contributed by atoms with Gasteiger partial charge < -0.3 is 9.30 Å². The van der Waals surface area contributed by atoms with Gasteiger partial charge in [0.1, 0.15) is 6.10 Å². The van der Waals surface area contributed by atoms with E-state index in [-0.39, 0.29) is 12.4 Å². The summed E-state index contributed by atoms with van der Waals surface area (Å²) >= 11 is 0. The fourth-order valence-corrected chi connectivity index (χ4v) is 4.47. The number of ether oxygens (including phenoxy) is 1. The number of hydrogen-bond acceptors (Lipinski definition) is 4. The van der Waals surface area contributed by atoms with Crippen molar-refractivity contribution < 1.29 is 4.74 Å². The third kappa shape index (κ3) is 5.51. The summed E-state index contributed by atoms with van der Waals surface area (Å²) in [4.78, 5) is 4.28. The molecule has 0 saturated heterocycles. The predicted octanol–water partition coefficient (Wildman–Crippen LogP) is 7.23. The molecule has 5 aromatic rings. The van der Waals surface area contributed by atoms with Crippen LogP contribution in [0.15, 0.2) is 110 Å². The standard InChI is InChI=1S/C32H24N4O.ClH/c1-36-22-35-20-31(36)32(37-21-24-13-11-23(18-33)12-14-24)26-15-16-29(27(17-26)19-34)30-10-6-5-9-28(30)25-7-3-2-4-8-25;/h2-17,20,22,32H,21H2,1H3;1H. The van der Waals surface area contributed by atoms with Crippen LogP contribution in [0.1, 0.15) is 34.1 Å². The Bertz CT molecular complexity index is 1610. The second kappa shape index (κ2) is 12.0. The van der Waals surface area contributed by atoms with Gasteiger partial charge in [0.15, 0.2) is 0 Å². The first-order valence-corrected chi connectivity index (χ1v) is 11.9. The number of nitriles is 2. The average Bonchev–Trinajstić information content (AvgIpc) is 3.39. The van der Waals surface area contributed by atoms with Crippen molar-refractivity contribution in [3.05, 3.63) is 138 Å². The van der Waals surface area contributed by atoms with E-state index in [2.05, 4.69) is 41.4 Å². The van der Waals surface area contributed by atoms with E-state index in [0.29, 0.717) is 17.7 Å². The Morgan fingerprint density at radius 3 is 2.18 bits per heavy atom. The summed E-state index contributed by atoms with van der Waals surface area (Å²) in [6, 6.07) is 36.2. The molecule has 186 valence electrons. The zero-order chi connectivity index (χ0) is 25.6. The summed E-state index contributed by atoms with van der Waals surface area (Å²) in [6.07, 6.45) is 3.10. The number of hydrogen-bond donors (Lipinski definition) is 0. The molecule has 1 unspecified atom stereocenters. The van der Waals surface area contributed by atoms with Crippen LogP contribution in [-0.4, -0.2) is 9.55 Å². The van der Waals surface area contributed by atoms with Crippen LogP contribution in [0.2, 0.25) is 0 Å². The lowest BCUT2D eigenvalue weighted by molar-refractivity contribution is 0.0622. The van der Waals surface area contributed by atoms with E-state index in [9.17, 15) is 5.26 Å². The second-order valence-electron chi connectivity index (χ2n) is 8.76. The molecule has 1 aromatic heterocycles. The van der Waals surface area contributed by atoms with Crippen molar-refractivity contribution in [2.75, 3.05) is 0 Å². The highest BCUT2D eigenvalue weighted by Crippen LogP contribution is 2.36. The molecule has 4 aromatic carbocycles. The van der Waals surface area contributed by atoms with Gasteiger partial charge in [-0.25, -0.2) is 4.98 Å². The van der Waals surface area contributed by atoms with Gasteiger partial charge in [-0.05, 0) is 46.0 Å². The van der Waals surface area contributed by atoms with Crippen molar-refractivity contribution >= 4 is 12.4 Å². The maximum Gasteiger partial charge on any atom is 0.125 e. The van der Waals surface area contributed by atoms with E-state index in [4.69, 9.17) is 10.00 Å². The lowest BCUT2D eigenvalue weighted by Gasteiger charge is -2.20. The molecule has 5 rings (SSSR count). The molecule has 0 N–H and O–H groups in total. The summed E-state index contributed by atoms with van der Waals surface area (Å²) in [6.45, 7) is 0.349. The van der Waals surface area contributed by atoms with Crippen LogP contribution in [0.5, 0.6) is 0 Å². The van der Waals surface area contributed by atoms with Crippen LogP contribution in [0.3, 0.4) is 0 Å². The van der Waals surface area contributed by atoms with E-state index in [1.165, 1.54) is 0 Å². The van der Waals surface area contributed by atoms with Crippen molar-refractivity contribution in [1.82, 2.24) is 9.55 Å². The SMILES string of the molecule is Cl.Cn1cncc1C(OCc1ccc(C#N)cc1)c1ccc(-c2ccccc2-c2ccccc2)c(C#N)c1. The molecule has 38 heavy (non-hydrogen) atoms. The molecule has 0 aliphatic carbocycles.